The largest absolute Gasteiger partial charge is 1.00 e. The molecule has 3 heterocycles. The van der Waals surface area contributed by atoms with Gasteiger partial charge in [-0.15, -0.1) is 0 Å². The molecule has 1 aliphatic heterocycles. The number of nitrogens with one attached hydrogen (secondary N) is 1. The summed E-state index contributed by atoms with van der Waals surface area (Å²) < 4.78 is 41.4. The van der Waals surface area contributed by atoms with E-state index in [1.807, 2.05) is 34.6 Å². The van der Waals surface area contributed by atoms with Gasteiger partial charge >= 0.3 is 29.6 Å². The van der Waals surface area contributed by atoms with Crippen LogP contribution < -0.4 is 44.3 Å². The SMILES string of the molecule is CCOc1cc(C(C)C)c(NC(=O)[N-]S(=O)(=O)c2cnn3c2OCCC3)c(C(C)C)n1.[Na+]. The van der Waals surface area contributed by atoms with Crippen LogP contribution in [0.4, 0.5) is 10.5 Å². The van der Waals surface area contributed by atoms with Gasteiger partial charge in [-0.25, -0.2) is 18.1 Å². The predicted octanol–water partition coefficient (Wildman–Crippen LogP) is 1.00. The molecule has 2 amide bonds. The zero-order valence-corrected chi connectivity index (χ0v) is 22.2. The number of aryl methyl sites for hydroxylation is 1. The molecular weight excluding hydrogens is 445 g/mol. The zero-order valence-electron chi connectivity index (χ0n) is 19.4. The summed E-state index contributed by atoms with van der Waals surface area (Å²) >= 11 is 0. The van der Waals surface area contributed by atoms with Crippen LogP contribution in [0.1, 0.15) is 64.1 Å². The van der Waals surface area contributed by atoms with E-state index in [0.717, 1.165) is 18.2 Å². The molecule has 0 spiro atoms. The maximum absolute atomic E-state index is 12.7. The van der Waals surface area contributed by atoms with Crippen molar-refractivity contribution in [3.63, 3.8) is 0 Å². The average molecular weight is 474 g/mol. The molecule has 0 saturated carbocycles. The van der Waals surface area contributed by atoms with Crippen molar-refractivity contribution in [2.75, 3.05) is 18.5 Å². The second-order valence-electron chi connectivity index (χ2n) is 7.79. The minimum atomic E-state index is -4.30. The van der Waals surface area contributed by atoms with Crippen LogP contribution in [0.15, 0.2) is 17.2 Å². The Balaban J connectivity index is 0.00000363. The number of urea groups is 1. The van der Waals surface area contributed by atoms with Crippen LogP contribution in [0.25, 0.3) is 4.72 Å². The number of hydrogen-bond acceptors (Lipinski definition) is 7. The van der Waals surface area contributed by atoms with Crippen molar-refractivity contribution in [1.29, 1.82) is 0 Å². The maximum Gasteiger partial charge on any atom is 1.00 e. The van der Waals surface area contributed by atoms with Gasteiger partial charge in [0.15, 0.2) is 10.9 Å². The molecule has 0 fully saturated rings. The van der Waals surface area contributed by atoms with Gasteiger partial charge in [0.1, 0.15) is 0 Å². The van der Waals surface area contributed by atoms with Gasteiger partial charge in [-0.3, -0.25) is 4.79 Å². The molecule has 1 aliphatic rings. The summed E-state index contributed by atoms with van der Waals surface area (Å²) in [6, 6.07) is 0.747. The first-order valence-electron chi connectivity index (χ1n) is 10.3. The topological polar surface area (TPSA) is 127 Å². The van der Waals surface area contributed by atoms with Crippen LogP contribution in [0.5, 0.6) is 11.8 Å². The molecule has 0 saturated heterocycles. The average Bonchev–Trinajstić information content (AvgIpc) is 3.13. The number of rotatable bonds is 7. The number of sulfonamides is 1. The van der Waals surface area contributed by atoms with Crippen molar-refractivity contribution in [3.05, 3.63) is 28.2 Å². The van der Waals surface area contributed by atoms with Crippen molar-refractivity contribution in [3.8, 4) is 11.8 Å². The third kappa shape index (κ3) is 5.75. The number of aromatic nitrogens is 3. The summed E-state index contributed by atoms with van der Waals surface area (Å²) in [4.78, 5) is 16.9. The standard InChI is InChI=1S/C20H29N5O5S.Na/c1-6-29-16-10-14(12(2)3)18(17(22-16)13(4)5)23-20(26)24-31(27,28)15-11-21-25-8-7-9-30-19(15)25;/h10-13H,6-9H2,1-5H3,(H2,23,24,26);/q;+1/p-1. The van der Waals surface area contributed by atoms with Gasteiger partial charge in [-0.1, -0.05) is 27.7 Å². The summed E-state index contributed by atoms with van der Waals surface area (Å²) in [5.41, 5.74) is 1.84. The summed E-state index contributed by atoms with van der Waals surface area (Å²) in [6.07, 6.45) is 1.89. The van der Waals surface area contributed by atoms with Crippen LogP contribution in [0.3, 0.4) is 0 Å². The molecule has 2 aromatic heterocycles. The number of anilines is 1. The molecular formula is C20H28N5NaO5S. The Labute approximate surface area is 210 Å². The third-order valence-electron chi connectivity index (χ3n) is 4.74. The predicted molar refractivity (Wildman–Crippen MR) is 115 cm³/mol. The summed E-state index contributed by atoms with van der Waals surface area (Å²) in [5.74, 6) is 0.556. The summed E-state index contributed by atoms with van der Waals surface area (Å²) in [5, 5.41) is 6.65. The second-order valence-corrected chi connectivity index (χ2v) is 9.36. The molecule has 0 atom stereocenters. The Morgan fingerprint density at radius 1 is 1.31 bits per heavy atom. The molecule has 3 rings (SSSR count). The number of carbonyl (C=O) groups excluding carboxylic acids is 1. The number of nitrogens with zero attached hydrogens (tertiary/aromatic N) is 4. The first-order valence-corrected chi connectivity index (χ1v) is 11.7. The Kier molecular flexibility index (Phi) is 8.98. The second kappa shape index (κ2) is 10.9. The fourth-order valence-electron chi connectivity index (χ4n) is 3.30. The van der Waals surface area contributed by atoms with E-state index < -0.39 is 16.1 Å². The molecule has 2 aromatic rings. The fourth-order valence-corrected chi connectivity index (χ4v) is 4.23. The first kappa shape index (κ1) is 26.4. The first-order chi connectivity index (χ1) is 14.6. The molecule has 0 aliphatic carbocycles. The number of pyridine rings is 1. The molecule has 12 heteroatoms. The Morgan fingerprint density at radius 3 is 2.66 bits per heavy atom. The summed E-state index contributed by atoms with van der Waals surface area (Å²) in [7, 11) is -4.30. The van der Waals surface area contributed by atoms with E-state index in [-0.39, 0.29) is 52.2 Å². The third-order valence-corrected chi connectivity index (χ3v) is 5.98. The van der Waals surface area contributed by atoms with Crippen molar-refractivity contribution < 1.29 is 52.2 Å². The van der Waals surface area contributed by atoms with Gasteiger partial charge in [0.25, 0.3) is 0 Å². The van der Waals surface area contributed by atoms with E-state index >= 15 is 0 Å². The zero-order chi connectivity index (χ0) is 22.8. The quantitative estimate of drug-likeness (QED) is 0.595. The summed E-state index contributed by atoms with van der Waals surface area (Å²) in [6.45, 7) is 11.1. The molecule has 0 radical (unpaired) electrons. The molecule has 10 nitrogen and oxygen atoms in total. The Bertz CT molecular complexity index is 1040. The van der Waals surface area contributed by atoms with Crippen molar-refractivity contribution >= 4 is 21.7 Å². The van der Waals surface area contributed by atoms with Gasteiger partial charge in [0.2, 0.25) is 21.8 Å². The van der Waals surface area contributed by atoms with Gasteiger partial charge in [0, 0.05) is 19.0 Å². The van der Waals surface area contributed by atoms with Crippen LogP contribution in [0.2, 0.25) is 0 Å². The molecule has 170 valence electrons. The van der Waals surface area contributed by atoms with Crippen molar-refractivity contribution in [1.82, 2.24) is 14.8 Å². The van der Waals surface area contributed by atoms with Crippen LogP contribution in [-0.2, 0) is 16.6 Å². The number of amides is 2. The minimum Gasteiger partial charge on any atom is -0.478 e. The van der Waals surface area contributed by atoms with E-state index in [0.29, 0.717) is 37.0 Å². The normalized spacial score (nSPS) is 13.2. The molecule has 1 N–H and O–H groups in total. The number of ether oxygens (including phenoxy) is 2. The molecule has 0 bridgehead atoms. The van der Waals surface area contributed by atoms with Crippen LogP contribution in [0, 0.1) is 0 Å². The number of carbonyl (C=O) groups is 1. The number of fused-ring (bicyclic) bond motifs is 1. The van der Waals surface area contributed by atoms with Gasteiger partial charge in [0.05, 0.1) is 25.1 Å². The fraction of sp³-hybridized carbons (Fsp3) is 0.550. The minimum absolute atomic E-state index is 0. The van der Waals surface area contributed by atoms with E-state index in [1.165, 1.54) is 4.68 Å². The maximum atomic E-state index is 12.7. The van der Waals surface area contributed by atoms with E-state index in [1.54, 1.807) is 6.07 Å². The van der Waals surface area contributed by atoms with E-state index in [9.17, 15) is 13.2 Å². The van der Waals surface area contributed by atoms with E-state index in [4.69, 9.17) is 9.47 Å². The molecule has 32 heavy (non-hydrogen) atoms. The van der Waals surface area contributed by atoms with Gasteiger partial charge < -0.3 is 19.5 Å². The Hall–Kier alpha value is -1.82. The number of hydrogen-bond donors (Lipinski definition) is 1. The smallest absolute Gasteiger partial charge is 0.478 e. The van der Waals surface area contributed by atoms with Crippen molar-refractivity contribution in [2.24, 2.45) is 0 Å². The monoisotopic (exact) mass is 473 g/mol. The van der Waals surface area contributed by atoms with Gasteiger partial charge in [-0.2, -0.15) is 5.10 Å². The van der Waals surface area contributed by atoms with Crippen LogP contribution >= 0.6 is 0 Å². The van der Waals surface area contributed by atoms with E-state index in [2.05, 4.69) is 20.1 Å². The van der Waals surface area contributed by atoms with Gasteiger partial charge in [-0.05, 0) is 30.0 Å². The Morgan fingerprint density at radius 2 is 2.03 bits per heavy atom. The van der Waals surface area contributed by atoms with Crippen LogP contribution in [-0.4, -0.2) is 42.4 Å². The molecule has 0 aromatic carbocycles. The van der Waals surface area contributed by atoms with Crippen molar-refractivity contribution in [2.45, 2.75) is 64.3 Å². The molecule has 0 unspecified atom stereocenters.